The second-order valence-electron chi connectivity index (χ2n) is 17.9. The van der Waals surface area contributed by atoms with E-state index in [2.05, 4.69) is 56.6 Å². The van der Waals surface area contributed by atoms with Crippen molar-refractivity contribution in [2.24, 2.45) is 16.5 Å². The van der Waals surface area contributed by atoms with Crippen LogP contribution in [0.4, 0.5) is 50.9 Å². The normalized spacial score (nSPS) is 11.4. The van der Waals surface area contributed by atoms with Gasteiger partial charge in [-0.15, -0.1) is 0 Å². The van der Waals surface area contributed by atoms with Gasteiger partial charge >= 0.3 is 18.5 Å². The summed E-state index contributed by atoms with van der Waals surface area (Å²) in [5.41, 5.74) is 14.0. The minimum absolute atomic E-state index is 0.162. The van der Waals surface area contributed by atoms with E-state index in [0.29, 0.717) is 45.3 Å². The molecule has 0 radical (unpaired) electrons. The van der Waals surface area contributed by atoms with Gasteiger partial charge in [0.05, 0.1) is 12.3 Å². The Balaban J connectivity index is 0.000000149. The van der Waals surface area contributed by atoms with E-state index < -0.39 is 41.5 Å². The van der Waals surface area contributed by atoms with Crippen LogP contribution >= 0.6 is 31.9 Å². The maximum atomic E-state index is 13.0. The van der Waals surface area contributed by atoms with Crippen molar-refractivity contribution in [3.63, 3.8) is 0 Å². The van der Waals surface area contributed by atoms with E-state index in [1.807, 2.05) is 54.6 Å². The maximum Gasteiger partial charge on any atom is 0.434 e. The van der Waals surface area contributed by atoms with Crippen molar-refractivity contribution < 1.29 is 44.3 Å². The number of primary amides is 1. The number of aromatic nitrogens is 6. The Kier molecular flexibility index (Phi) is 19.5. The first-order chi connectivity index (χ1) is 40.5. The number of hydrogen-bond donors (Lipinski definition) is 2. The van der Waals surface area contributed by atoms with Crippen molar-refractivity contribution in [2.75, 3.05) is 0 Å². The van der Waals surface area contributed by atoms with Gasteiger partial charge in [-0.05, 0) is 84.9 Å². The third-order valence-electron chi connectivity index (χ3n) is 12.0. The zero-order valence-corrected chi connectivity index (χ0v) is 47.0. The molecule has 8 aromatic carbocycles. The molecule has 0 aliphatic heterocycles. The number of nitrogens with two attached hydrogens (primary N) is 2. The Bertz CT molecular complexity index is 4050. The molecule has 1 amide bonds. The minimum Gasteiger partial charge on any atom is -0.383 e. The van der Waals surface area contributed by atoms with Crippen LogP contribution in [0, 0.1) is 6.57 Å². The molecular weight excluding hydrogens is 1240 g/mol. The van der Waals surface area contributed by atoms with Crippen LogP contribution in [0.5, 0.6) is 0 Å². The van der Waals surface area contributed by atoms with E-state index in [0.717, 1.165) is 38.8 Å². The van der Waals surface area contributed by atoms with Gasteiger partial charge in [0.1, 0.15) is 23.3 Å². The van der Waals surface area contributed by atoms with Crippen LogP contribution in [0.15, 0.2) is 251 Å². The van der Waals surface area contributed by atoms with E-state index in [1.165, 1.54) is 38.0 Å². The standard InChI is InChI=1S/C17H12F3N3O.C17H10F3N3.C16H10BrF3N2.C13H11BrN2/c18-17(19,20)14-10-23(13-8-6-11(7-9-13)15(21)24)16(22-14)12-4-2-1-3-5-12;1-21-13-7-9-14(10-8-13)23-11-15(17(18,19)20)22-16(23)12-5-3-2-4-6-12;17-12-6-8-13(9-7-12)22-10-14(16(18,19)20)21-15(22)11-4-2-1-3-5-11;14-11-6-8-12(9-7-11)16-13(15)10-4-2-1-3-5-10/h1-10H,(H2,21,24);2-11H;1-10H;1-9H,(H2,15,16). The maximum absolute atomic E-state index is 13.0. The minimum atomic E-state index is -4.55. The highest BCUT2D eigenvalue weighted by Crippen LogP contribution is 2.36. The number of nitrogens with zero attached hydrogens (tertiary/aromatic N) is 8. The molecule has 22 heteroatoms. The van der Waals surface area contributed by atoms with Gasteiger partial charge in [0.15, 0.2) is 22.8 Å². The van der Waals surface area contributed by atoms with Crippen molar-refractivity contribution in [3.8, 4) is 51.2 Å². The summed E-state index contributed by atoms with van der Waals surface area (Å²) in [6, 6.07) is 62.8. The monoisotopic (exact) mass is 1280 g/mol. The van der Waals surface area contributed by atoms with Crippen molar-refractivity contribution in [1.29, 1.82) is 0 Å². The molecule has 85 heavy (non-hydrogen) atoms. The number of amidine groups is 1. The highest BCUT2D eigenvalue weighted by molar-refractivity contribution is 9.10. The molecule has 0 fully saturated rings. The number of benzene rings is 8. The molecule has 0 saturated heterocycles. The average molecular weight is 1290 g/mol. The fourth-order valence-electron chi connectivity index (χ4n) is 7.92. The predicted octanol–water partition coefficient (Wildman–Crippen LogP) is 17.6. The Morgan fingerprint density at radius 2 is 0.729 bits per heavy atom. The second kappa shape index (κ2) is 27.0. The molecular formula is C63H43Br2F9N10O. The van der Waals surface area contributed by atoms with Crippen molar-refractivity contribution in [1.82, 2.24) is 28.7 Å². The van der Waals surface area contributed by atoms with Gasteiger partial charge in [-0.25, -0.2) is 24.8 Å². The summed E-state index contributed by atoms with van der Waals surface area (Å²) < 4.78 is 123. The Hall–Kier alpha value is -9.85. The van der Waals surface area contributed by atoms with E-state index >= 15 is 0 Å². The first-order valence-electron chi connectivity index (χ1n) is 25.0. The lowest BCUT2D eigenvalue weighted by Gasteiger charge is -2.08. The van der Waals surface area contributed by atoms with E-state index in [9.17, 15) is 44.3 Å². The number of alkyl halides is 9. The molecule has 0 aliphatic rings. The van der Waals surface area contributed by atoms with Crippen LogP contribution in [0.2, 0.25) is 0 Å². The van der Waals surface area contributed by atoms with Gasteiger partial charge < -0.3 is 11.5 Å². The molecule has 3 aromatic heterocycles. The number of aliphatic imine (C=N–C) groups is 1. The van der Waals surface area contributed by atoms with Gasteiger partial charge in [-0.3, -0.25) is 18.5 Å². The Morgan fingerprint density at radius 3 is 1.05 bits per heavy atom. The van der Waals surface area contributed by atoms with Crippen molar-refractivity contribution in [2.45, 2.75) is 18.5 Å². The number of amides is 1. The Labute approximate surface area is 497 Å². The summed E-state index contributed by atoms with van der Waals surface area (Å²) in [6.45, 7) is 6.94. The molecule has 428 valence electrons. The summed E-state index contributed by atoms with van der Waals surface area (Å²) in [6.07, 6.45) is -10.6. The number of rotatable bonds is 9. The van der Waals surface area contributed by atoms with Gasteiger partial charge in [-0.2, -0.15) is 39.5 Å². The van der Waals surface area contributed by atoms with Crippen molar-refractivity contribution >= 4 is 55.0 Å². The highest BCUT2D eigenvalue weighted by Gasteiger charge is 2.37. The molecule has 11 nitrogen and oxygen atoms in total. The summed E-state index contributed by atoms with van der Waals surface area (Å²) in [4.78, 5) is 30.0. The highest BCUT2D eigenvalue weighted by atomic mass is 79.9. The molecule has 0 saturated carbocycles. The molecule has 0 bridgehead atoms. The number of carbonyl (C=O) groups excluding carboxylic acids is 1. The van der Waals surface area contributed by atoms with Crippen LogP contribution in [-0.2, 0) is 18.5 Å². The van der Waals surface area contributed by atoms with Gasteiger partial charge in [0, 0.05) is 72.4 Å². The zero-order valence-electron chi connectivity index (χ0n) is 43.8. The van der Waals surface area contributed by atoms with Crippen LogP contribution in [0.25, 0.3) is 56.1 Å². The van der Waals surface area contributed by atoms with Crippen LogP contribution in [0.1, 0.15) is 33.0 Å². The molecule has 0 unspecified atom stereocenters. The predicted molar refractivity (Wildman–Crippen MR) is 315 cm³/mol. The molecule has 11 aromatic rings. The molecule has 0 aliphatic carbocycles. The number of halogens is 11. The smallest absolute Gasteiger partial charge is 0.383 e. The van der Waals surface area contributed by atoms with Crippen LogP contribution in [-0.4, -0.2) is 40.4 Å². The largest absolute Gasteiger partial charge is 0.434 e. The van der Waals surface area contributed by atoms with Crippen LogP contribution in [0.3, 0.4) is 0 Å². The fraction of sp³-hybridized carbons (Fsp3) is 0.0476. The number of carbonyl (C=O) groups is 1. The quantitative estimate of drug-likeness (QED) is 0.0641. The van der Waals surface area contributed by atoms with Gasteiger partial charge in [-0.1, -0.05) is 165 Å². The molecule has 0 atom stereocenters. The summed E-state index contributed by atoms with van der Waals surface area (Å²) in [5, 5.41) is 0. The zero-order chi connectivity index (χ0) is 60.9. The van der Waals surface area contributed by atoms with Gasteiger partial charge in [0.25, 0.3) is 0 Å². The summed E-state index contributed by atoms with van der Waals surface area (Å²) in [7, 11) is 0. The SMILES string of the molecule is FC(F)(F)c1cn(-c2ccc(Br)cc2)c(-c2ccccc2)n1.NC(=Nc1ccc(Br)cc1)c1ccccc1.NC(=O)c1ccc(-n2cc(C(F)(F)F)nc2-c2ccccc2)cc1.[C-]#[N+]c1ccc(-n2cc(C(F)(F)F)nc2-c2ccccc2)cc1. The average Bonchev–Trinajstić information content (AvgIpc) is 3.65. The third kappa shape index (κ3) is 16.2. The number of hydrogen-bond acceptors (Lipinski definition) is 5. The summed E-state index contributed by atoms with van der Waals surface area (Å²) >= 11 is 6.69. The first-order valence-corrected chi connectivity index (χ1v) is 26.6. The van der Waals surface area contributed by atoms with E-state index in [-0.39, 0.29) is 23.0 Å². The lowest BCUT2D eigenvalue weighted by Crippen LogP contribution is -2.12. The third-order valence-corrected chi connectivity index (χ3v) is 13.1. The molecule has 11 rings (SSSR count). The molecule has 3 heterocycles. The van der Waals surface area contributed by atoms with Crippen LogP contribution < -0.4 is 11.5 Å². The van der Waals surface area contributed by atoms with Gasteiger partial charge in [0.2, 0.25) is 5.91 Å². The second-order valence-corrected chi connectivity index (χ2v) is 19.7. The Morgan fingerprint density at radius 1 is 0.424 bits per heavy atom. The number of imidazole rings is 3. The first kappa shape index (κ1) is 61.2. The molecule has 0 spiro atoms. The topological polar surface area (TPSA) is 139 Å². The van der Waals surface area contributed by atoms with E-state index in [4.69, 9.17) is 18.0 Å². The lowest BCUT2D eigenvalue weighted by molar-refractivity contribution is -0.141. The fourth-order valence-corrected chi connectivity index (χ4v) is 8.45. The lowest BCUT2D eigenvalue weighted by atomic mass is 10.2. The van der Waals surface area contributed by atoms with Crippen molar-refractivity contribution in [3.05, 3.63) is 286 Å². The summed E-state index contributed by atoms with van der Waals surface area (Å²) in [5.74, 6) is 0.549. The van der Waals surface area contributed by atoms with E-state index in [1.54, 1.807) is 140 Å². The molecule has 4 N–H and O–H groups in total.